The van der Waals surface area contributed by atoms with Crippen molar-refractivity contribution >= 4 is 21.6 Å². The van der Waals surface area contributed by atoms with Crippen LogP contribution in [0, 0.1) is 10.1 Å². The first kappa shape index (κ1) is 12.8. The minimum Gasteiger partial charge on any atom is -0.495 e. The Kier molecular flexibility index (Phi) is 3.41. The molecule has 0 heterocycles. The summed E-state index contributed by atoms with van der Waals surface area (Å²) in [6, 6.07) is 1.14. The van der Waals surface area contributed by atoms with Crippen molar-refractivity contribution in [2.75, 3.05) is 7.11 Å². The first-order valence-electron chi connectivity index (χ1n) is 3.86. The van der Waals surface area contributed by atoms with E-state index in [1.807, 2.05) is 0 Å². The first-order valence-corrected chi connectivity index (χ1v) is 4.65. The van der Waals surface area contributed by atoms with E-state index in [2.05, 4.69) is 20.7 Å². The molecule has 0 aliphatic heterocycles. The standard InChI is InChI=1S/C8H5BrF3NO3/c1-16-6-3-4(8(10,11)12)2-5(7(6)9)13(14)15/h2-3H,1H3. The van der Waals surface area contributed by atoms with E-state index >= 15 is 0 Å². The Bertz CT molecular complexity index is 433. The van der Waals surface area contributed by atoms with Gasteiger partial charge in [-0.05, 0) is 22.0 Å². The predicted molar refractivity (Wildman–Crippen MR) is 52.4 cm³/mol. The van der Waals surface area contributed by atoms with Crippen molar-refractivity contribution in [1.29, 1.82) is 0 Å². The summed E-state index contributed by atoms with van der Waals surface area (Å²) >= 11 is 2.81. The second-order valence-corrected chi connectivity index (χ2v) is 3.56. The average Bonchev–Trinajstić information content (AvgIpc) is 2.15. The molecule has 1 rings (SSSR count). The van der Waals surface area contributed by atoms with E-state index in [1.165, 1.54) is 0 Å². The molecule has 0 atom stereocenters. The summed E-state index contributed by atoms with van der Waals surface area (Å²) in [6.07, 6.45) is -4.65. The van der Waals surface area contributed by atoms with Gasteiger partial charge in [-0.15, -0.1) is 0 Å². The van der Waals surface area contributed by atoms with Gasteiger partial charge in [-0.1, -0.05) is 0 Å². The van der Waals surface area contributed by atoms with E-state index in [-0.39, 0.29) is 10.2 Å². The van der Waals surface area contributed by atoms with Crippen molar-refractivity contribution in [3.63, 3.8) is 0 Å². The van der Waals surface area contributed by atoms with Crippen LogP contribution in [0.5, 0.6) is 5.75 Å². The molecule has 0 saturated heterocycles. The van der Waals surface area contributed by atoms with Gasteiger partial charge in [0.1, 0.15) is 10.2 Å². The fourth-order valence-electron chi connectivity index (χ4n) is 1.03. The molecule has 1 aromatic rings. The Labute approximate surface area is 96.3 Å². The lowest BCUT2D eigenvalue weighted by Gasteiger charge is -2.10. The lowest BCUT2D eigenvalue weighted by molar-refractivity contribution is -0.386. The number of nitro benzene ring substituents is 1. The first-order chi connectivity index (χ1) is 7.27. The molecule has 0 aromatic heterocycles. The van der Waals surface area contributed by atoms with E-state index in [0.29, 0.717) is 12.1 Å². The minimum atomic E-state index is -4.65. The number of ether oxygens (including phenoxy) is 1. The molecule has 4 nitrogen and oxygen atoms in total. The lowest BCUT2D eigenvalue weighted by Crippen LogP contribution is -2.06. The van der Waals surface area contributed by atoms with Gasteiger partial charge in [0.2, 0.25) is 0 Å². The summed E-state index contributed by atoms with van der Waals surface area (Å²) in [5, 5.41) is 10.5. The number of methoxy groups -OCH3 is 1. The van der Waals surface area contributed by atoms with Crippen LogP contribution < -0.4 is 4.74 Å². The van der Waals surface area contributed by atoms with Crippen LogP contribution in [0.2, 0.25) is 0 Å². The molecule has 88 valence electrons. The van der Waals surface area contributed by atoms with Crippen LogP contribution in [0.25, 0.3) is 0 Å². The van der Waals surface area contributed by atoms with E-state index in [1.54, 1.807) is 0 Å². The SMILES string of the molecule is COc1cc(C(F)(F)F)cc([N+](=O)[O-])c1Br. The van der Waals surface area contributed by atoms with Gasteiger partial charge in [-0.3, -0.25) is 10.1 Å². The number of halogens is 4. The van der Waals surface area contributed by atoms with Gasteiger partial charge in [-0.25, -0.2) is 0 Å². The summed E-state index contributed by atoms with van der Waals surface area (Å²) in [6.45, 7) is 0. The van der Waals surface area contributed by atoms with Crippen molar-refractivity contribution in [2.45, 2.75) is 6.18 Å². The van der Waals surface area contributed by atoms with Crippen LogP contribution >= 0.6 is 15.9 Å². The maximum absolute atomic E-state index is 12.4. The van der Waals surface area contributed by atoms with E-state index < -0.39 is 22.4 Å². The number of rotatable bonds is 2. The highest BCUT2D eigenvalue weighted by Gasteiger charge is 2.34. The molecular weight excluding hydrogens is 295 g/mol. The molecule has 0 saturated carbocycles. The molecule has 0 spiro atoms. The van der Waals surface area contributed by atoms with Gasteiger partial charge in [0.25, 0.3) is 5.69 Å². The third-order valence-corrected chi connectivity index (χ3v) is 2.56. The summed E-state index contributed by atoms with van der Waals surface area (Å²) in [5.74, 6) is -0.235. The van der Waals surface area contributed by atoms with Crippen LogP contribution in [-0.2, 0) is 6.18 Å². The Morgan fingerprint density at radius 2 is 2.00 bits per heavy atom. The Hall–Kier alpha value is -1.31. The number of nitrogens with zero attached hydrogens (tertiary/aromatic N) is 1. The quantitative estimate of drug-likeness (QED) is 0.621. The highest BCUT2D eigenvalue weighted by molar-refractivity contribution is 9.10. The summed E-state index contributed by atoms with van der Waals surface area (Å²) in [4.78, 5) is 9.61. The molecule has 0 amide bonds. The number of nitro groups is 1. The van der Waals surface area contributed by atoms with Gasteiger partial charge in [0, 0.05) is 6.07 Å². The molecule has 0 fully saturated rings. The second kappa shape index (κ2) is 4.28. The van der Waals surface area contributed by atoms with E-state index in [9.17, 15) is 23.3 Å². The molecule has 8 heteroatoms. The van der Waals surface area contributed by atoms with Gasteiger partial charge in [-0.2, -0.15) is 13.2 Å². The minimum absolute atomic E-state index is 0.118. The van der Waals surface area contributed by atoms with Gasteiger partial charge >= 0.3 is 6.18 Å². The number of hydrogen-bond acceptors (Lipinski definition) is 3. The molecule has 0 unspecified atom stereocenters. The zero-order valence-electron chi connectivity index (χ0n) is 7.84. The molecule has 0 bridgehead atoms. The monoisotopic (exact) mass is 299 g/mol. The van der Waals surface area contributed by atoms with Crippen molar-refractivity contribution in [1.82, 2.24) is 0 Å². The third-order valence-electron chi connectivity index (χ3n) is 1.76. The van der Waals surface area contributed by atoms with Crippen molar-refractivity contribution in [2.24, 2.45) is 0 Å². The summed E-state index contributed by atoms with van der Waals surface area (Å²) in [7, 11) is 1.13. The predicted octanol–water partition coefficient (Wildman–Crippen LogP) is 3.38. The zero-order chi connectivity index (χ0) is 12.5. The second-order valence-electron chi connectivity index (χ2n) is 2.77. The van der Waals surface area contributed by atoms with Crippen molar-refractivity contribution in [3.05, 3.63) is 32.3 Å². The average molecular weight is 300 g/mol. The highest BCUT2D eigenvalue weighted by Crippen LogP contribution is 2.40. The van der Waals surface area contributed by atoms with Gasteiger partial charge < -0.3 is 4.74 Å². The molecule has 1 aromatic carbocycles. The Morgan fingerprint density at radius 3 is 2.38 bits per heavy atom. The van der Waals surface area contributed by atoms with E-state index in [4.69, 9.17) is 0 Å². The van der Waals surface area contributed by atoms with Gasteiger partial charge in [0.05, 0.1) is 17.6 Å². The lowest BCUT2D eigenvalue weighted by atomic mass is 10.2. The normalized spacial score (nSPS) is 11.3. The van der Waals surface area contributed by atoms with Crippen molar-refractivity contribution < 1.29 is 22.8 Å². The van der Waals surface area contributed by atoms with Crippen LogP contribution in [0.15, 0.2) is 16.6 Å². The number of alkyl halides is 3. The largest absolute Gasteiger partial charge is 0.495 e. The maximum atomic E-state index is 12.4. The number of hydrogen-bond donors (Lipinski definition) is 0. The molecule has 0 aliphatic rings. The van der Waals surface area contributed by atoms with Crippen LogP contribution in [-0.4, -0.2) is 12.0 Å². The van der Waals surface area contributed by atoms with Crippen LogP contribution in [0.1, 0.15) is 5.56 Å². The van der Waals surface area contributed by atoms with Crippen LogP contribution in [0.3, 0.4) is 0 Å². The Balaban J connectivity index is 3.46. The fourth-order valence-corrected chi connectivity index (χ4v) is 1.56. The third kappa shape index (κ3) is 2.43. The van der Waals surface area contributed by atoms with E-state index in [0.717, 1.165) is 7.11 Å². The molecule has 0 aliphatic carbocycles. The maximum Gasteiger partial charge on any atom is 0.416 e. The summed E-state index contributed by atoms with van der Waals surface area (Å²) < 4.78 is 41.7. The zero-order valence-corrected chi connectivity index (χ0v) is 9.42. The molecule has 0 radical (unpaired) electrons. The highest BCUT2D eigenvalue weighted by atomic mass is 79.9. The molecule has 16 heavy (non-hydrogen) atoms. The van der Waals surface area contributed by atoms with Crippen molar-refractivity contribution in [3.8, 4) is 5.75 Å². The topological polar surface area (TPSA) is 52.4 Å². The van der Waals surface area contributed by atoms with Crippen LogP contribution in [0.4, 0.5) is 18.9 Å². The number of benzene rings is 1. The molecular formula is C8H5BrF3NO3. The molecule has 0 N–H and O–H groups in total. The smallest absolute Gasteiger partial charge is 0.416 e. The fraction of sp³-hybridized carbons (Fsp3) is 0.250. The van der Waals surface area contributed by atoms with Gasteiger partial charge in [0.15, 0.2) is 0 Å². The Morgan fingerprint density at radius 1 is 1.44 bits per heavy atom. The summed E-state index contributed by atoms with van der Waals surface area (Å²) in [5.41, 5.74) is -1.81.